The maximum Gasteiger partial charge on any atom is 0.141 e. The van der Waals surface area contributed by atoms with E-state index in [9.17, 15) is 0 Å². The van der Waals surface area contributed by atoms with E-state index < -0.39 is 0 Å². The van der Waals surface area contributed by atoms with Crippen LogP contribution in [-0.2, 0) is 7.05 Å². The minimum atomic E-state index is 0.190. The lowest BCUT2D eigenvalue weighted by Gasteiger charge is -2.17. The van der Waals surface area contributed by atoms with Crippen LogP contribution in [0.15, 0.2) is 30.5 Å². The summed E-state index contributed by atoms with van der Waals surface area (Å²) in [6.07, 6.45) is 2.04. The fourth-order valence-corrected chi connectivity index (χ4v) is 2.12. The van der Waals surface area contributed by atoms with E-state index in [4.69, 9.17) is 4.74 Å². The van der Waals surface area contributed by atoms with Crippen LogP contribution in [0.4, 0.5) is 5.69 Å². The third kappa shape index (κ3) is 2.47. The molecule has 0 aliphatic rings. The number of methoxy groups -OCH3 is 1. The summed E-state index contributed by atoms with van der Waals surface area (Å²) in [5.74, 6) is 0.853. The Bertz CT molecular complexity index is 534. The fraction of sp³-hybridized carbons (Fsp3) is 0.357. The van der Waals surface area contributed by atoms with E-state index in [0.717, 1.165) is 17.1 Å². The summed E-state index contributed by atoms with van der Waals surface area (Å²) in [7, 11) is 3.62. The second-order valence-electron chi connectivity index (χ2n) is 4.41. The molecule has 1 heterocycles. The topological polar surface area (TPSA) is 39.1 Å². The van der Waals surface area contributed by atoms with E-state index in [1.54, 1.807) is 7.11 Å². The molecule has 0 amide bonds. The Morgan fingerprint density at radius 3 is 2.67 bits per heavy atom. The molecule has 1 N–H and O–H groups in total. The molecule has 0 saturated carbocycles. The summed E-state index contributed by atoms with van der Waals surface area (Å²) in [6.45, 7) is 4.15. The first-order chi connectivity index (χ1) is 8.61. The summed E-state index contributed by atoms with van der Waals surface area (Å²) < 4.78 is 7.17. The van der Waals surface area contributed by atoms with Gasteiger partial charge in [-0.25, -0.2) is 0 Å². The molecule has 96 valence electrons. The van der Waals surface area contributed by atoms with Crippen molar-refractivity contribution in [3.05, 3.63) is 41.7 Å². The van der Waals surface area contributed by atoms with E-state index in [-0.39, 0.29) is 6.04 Å². The average molecular weight is 245 g/mol. The van der Waals surface area contributed by atoms with E-state index in [2.05, 4.69) is 17.3 Å². The summed E-state index contributed by atoms with van der Waals surface area (Å²) in [6, 6.07) is 8.11. The quantitative estimate of drug-likeness (QED) is 0.900. The number of ether oxygens (including phenoxy) is 1. The average Bonchev–Trinajstić information content (AvgIpc) is 2.69. The molecule has 1 atom stereocenters. The number of para-hydroxylation sites is 2. The molecule has 1 aromatic carbocycles. The zero-order chi connectivity index (χ0) is 13.1. The van der Waals surface area contributed by atoms with Crippen LogP contribution in [-0.4, -0.2) is 16.9 Å². The standard InChI is InChI=1S/C14H19N3O/c1-10(12-9-17(3)16-11(12)2)15-13-7-5-6-8-14(13)18-4/h5-10,15H,1-4H3. The summed E-state index contributed by atoms with van der Waals surface area (Å²) in [5, 5.41) is 7.82. The number of rotatable bonds is 4. The minimum Gasteiger partial charge on any atom is -0.495 e. The number of nitrogens with zero attached hydrogens (tertiary/aromatic N) is 2. The largest absolute Gasteiger partial charge is 0.495 e. The number of aromatic nitrogens is 2. The Labute approximate surface area is 108 Å². The second kappa shape index (κ2) is 5.12. The van der Waals surface area contributed by atoms with Gasteiger partial charge in [-0.05, 0) is 26.0 Å². The van der Waals surface area contributed by atoms with E-state index in [0.29, 0.717) is 0 Å². The Hall–Kier alpha value is -1.97. The molecule has 4 heteroatoms. The van der Waals surface area contributed by atoms with Crippen molar-refractivity contribution in [2.75, 3.05) is 12.4 Å². The van der Waals surface area contributed by atoms with Crippen LogP contribution < -0.4 is 10.1 Å². The minimum absolute atomic E-state index is 0.190. The lowest BCUT2D eigenvalue weighted by molar-refractivity contribution is 0.416. The fourth-order valence-electron chi connectivity index (χ4n) is 2.12. The lowest BCUT2D eigenvalue weighted by Crippen LogP contribution is -2.08. The van der Waals surface area contributed by atoms with Crippen LogP contribution in [0.2, 0.25) is 0 Å². The molecule has 0 saturated heterocycles. The normalized spacial score (nSPS) is 12.2. The van der Waals surface area contributed by atoms with Gasteiger partial charge in [-0.1, -0.05) is 12.1 Å². The zero-order valence-electron chi connectivity index (χ0n) is 11.3. The predicted octanol–water partition coefficient (Wildman–Crippen LogP) is 2.91. The number of nitrogens with one attached hydrogen (secondary N) is 1. The predicted molar refractivity (Wildman–Crippen MR) is 73.0 cm³/mol. The van der Waals surface area contributed by atoms with Crippen molar-refractivity contribution in [1.82, 2.24) is 9.78 Å². The van der Waals surface area contributed by atoms with Gasteiger partial charge in [-0.15, -0.1) is 0 Å². The van der Waals surface area contributed by atoms with Gasteiger partial charge in [0.2, 0.25) is 0 Å². The van der Waals surface area contributed by atoms with Gasteiger partial charge in [0.05, 0.1) is 24.5 Å². The highest BCUT2D eigenvalue weighted by Gasteiger charge is 2.13. The van der Waals surface area contributed by atoms with Crippen molar-refractivity contribution >= 4 is 5.69 Å². The van der Waals surface area contributed by atoms with Crippen molar-refractivity contribution < 1.29 is 4.74 Å². The van der Waals surface area contributed by atoms with Crippen LogP contribution >= 0.6 is 0 Å². The van der Waals surface area contributed by atoms with Crippen LogP contribution in [0.25, 0.3) is 0 Å². The van der Waals surface area contributed by atoms with Gasteiger partial charge in [0.1, 0.15) is 5.75 Å². The van der Waals surface area contributed by atoms with Gasteiger partial charge in [0.15, 0.2) is 0 Å². The highest BCUT2D eigenvalue weighted by Crippen LogP contribution is 2.28. The Kier molecular flexibility index (Phi) is 3.55. The maximum atomic E-state index is 5.33. The van der Waals surface area contributed by atoms with Crippen molar-refractivity contribution in [3.8, 4) is 5.75 Å². The number of benzene rings is 1. The van der Waals surface area contributed by atoms with Gasteiger partial charge in [-0.3, -0.25) is 4.68 Å². The van der Waals surface area contributed by atoms with Crippen LogP contribution in [0.5, 0.6) is 5.75 Å². The highest BCUT2D eigenvalue weighted by molar-refractivity contribution is 5.57. The molecule has 2 aromatic rings. The molecule has 0 fully saturated rings. The molecule has 0 radical (unpaired) electrons. The third-order valence-electron chi connectivity index (χ3n) is 3.00. The molecular formula is C14H19N3O. The van der Waals surface area contributed by atoms with Gasteiger partial charge in [0, 0.05) is 18.8 Å². The molecule has 2 rings (SSSR count). The van der Waals surface area contributed by atoms with Crippen molar-refractivity contribution in [1.29, 1.82) is 0 Å². The van der Waals surface area contributed by atoms with E-state index in [1.807, 2.05) is 49.1 Å². The first-order valence-corrected chi connectivity index (χ1v) is 6.01. The smallest absolute Gasteiger partial charge is 0.141 e. The summed E-state index contributed by atoms with van der Waals surface area (Å²) in [5.41, 5.74) is 3.24. The van der Waals surface area contributed by atoms with Gasteiger partial charge in [-0.2, -0.15) is 5.10 Å². The molecule has 18 heavy (non-hydrogen) atoms. The Morgan fingerprint density at radius 2 is 2.06 bits per heavy atom. The van der Waals surface area contributed by atoms with Crippen molar-refractivity contribution in [3.63, 3.8) is 0 Å². The third-order valence-corrected chi connectivity index (χ3v) is 3.00. The van der Waals surface area contributed by atoms with Gasteiger partial charge < -0.3 is 10.1 Å². The number of aryl methyl sites for hydroxylation is 2. The van der Waals surface area contributed by atoms with Crippen LogP contribution in [0.3, 0.4) is 0 Å². The SMILES string of the molecule is COc1ccccc1NC(C)c1cn(C)nc1C. The van der Waals surface area contributed by atoms with Crippen LogP contribution in [0, 0.1) is 6.92 Å². The Balaban J connectivity index is 2.21. The lowest BCUT2D eigenvalue weighted by atomic mass is 10.1. The molecule has 1 unspecified atom stereocenters. The molecule has 4 nitrogen and oxygen atoms in total. The number of hydrogen-bond acceptors (Lipinski definition) is 3. The maximum absolute atomic E-state index is 5.33. The monoisotopic (exact) mass is 245 g/mol. The van der Waals surface area contributed by atoms with E-state index in [1.165, 1.54) is 5.56 Å². The molecule has 1 aromatic heterocycles. The first kappa shape index (κ1) is 12.5. The number of anilines is 1. The second-order valence-corrected chi connectivity index (χ2v) is 4.41. The molecule has 0 aliphatic heterocycles. The Morgan fingerprint density at radius 1 is 1.33 bits per heavy atom. The zero-order valence-corrected chi connectivity index (χ0v) is 11.3. The highest BCUT2D eigenvalue weighted by atomic mass is 16.5. The molecule has 0 spiro atoms. The van der Waals surface area contributed by atoms with Gasteiger partial charge >= 0.3 is 0 Å². The molecule has 0 aliphatic carbocycles. The molecular weight excluding hydrogens is 226 g/mol. The van der Waals surface area contributed by atoms with Crippen LogP contribution in [0.1, 0.15) is 24.2 Å². The molecule has 0 bridgehead atoms. The van der Waals surface area contributed by atoms with Crippen molar-refractivity contribution in [2.24, 2.45) is 7.05 Å². The number of hydrogen-bond donors (Lipinski definition) is 1. The van der Waals surface area contributed by atoms with E-state index >= 15 is 0 Å². The first-order valence-electron chi connectivity index (χ1n) is 6.01. The van der Waals surface area contributed by atoms with Crippen molar-refractivity contribution in [2.45, 2.75) is 19.9 Å². The summed E-state index contributed by atoms with van der Waals surface area (Å²) in [4.78, 5) is 0. The van der Waals surface area contributed by atoms with Gasteiger partial charge in [0.25, 0.3) is 0 Å². The summed E-state index contributed by atoms with van der Waals surface area (Å²) >= 11 is 0.